The highest BCUT2D eigenvalue weighted by Gasteiger charge is 2.17. The van der Waals surface area contributed by atoms with Crippen LogP contribution in [-0.2, 0) is 15.3 Å². The third kappa shape index (κ3) is 3.12. The van der Waals surface area contributed by atoms with Gasteiger partial charge in [-0.2, -0.15) is 0 Å². The lowest BCUT2D eigenvalue weighted by Crippen LogP contribution is -2.29. The van der Waals surface area contributed by atoms with Crippen molar-refractivity contribution in [3.05, 3.63) is 34.7 Å². The van der Waals surface area contributed by atoms with Gasteiger partial charge in [-0.3, -0.25) is 15.0 Å². The van der Waals surface area contributed by atoms with Gasteiger partial charge in [0, 0.05) is 10.5 Å². The molecule has 1 heterocycles. The van der Waals surface area contributed by atoms with Crippen molar-refractivity contribution in [3.8, 4) is 0 Å². The number of amides is 1. The van der Waals surface area contributed by atoms with Gasteiger partial charge in [0.15, 0.2) is 0 Å². The molecule has 0 radical (unpaired) electrons. The van der Waals surface area contributed by atoms with E-state index in [0.717, 1.165) is 15.6 Å². The van der Waals surface area contributed by atoms with E-state index in [9.17, 15) is 9.59 Å². The first-order valence-electron chi connectivity index (χ1n) is 5.83. The molecule has 0 saturated heterocycles. The van der Waals surface area contributed by atoms with Crippen molar-refractivity contribution < 1.29 is 14.3 Å². The lowest BCUT2D eigenvalue weighted by Gasteiger charge is -2.03. The Bertz CT molecular complexity index is 640. The van der Waals surface area contributed by atoms with Crippen LogP contribution in [0.15, 0.2) is 24.3 Å². The minimum atomic E-state index is -0.306. The molecule has 0 saturated carbocycles. The summed E-state index contributed by atoms with van der Waals surface area (Å²) in [6.07, 6.45) is 0. The summed E-state index contributed by atoms with van der Waals surface area (Å²) in [5.41, 5.74) is 3.07. The highest BCUT2D eigenvalue weighted by molar-refractivity contribution is 7.99. The Hall–Kier alpha value is -1.57. The van der Waals surface area contributed by atoms with Crippen LogP contribution >= 0.6 is 23.1 Å². The van der Waals surface area contributed by atoms with Crippen molar-refractivity contribution in [1.29, 1.82) is 0 Å². The standard InChI is InChI=1S/C13H14N2O3S2/c1-18-11(16)7-19-6-9-8-4-2-3-5-10(8)20-12(9)13(17)15-14/h2-5H,6-7,14H2,1H3,(H,15,17). The molecule has 0 aliphatic heterocycles. The molecule has 0 aliphatic rings. The van der Waals surface area contributed by atoms with Crippen molar-refractivity contribution in [2.24, 2.45) is 5.84 Å². The number of nitrogens with one attached hydrogen (secondary N) is 1. The number of benzene rings is 1. The monoisotopic (exact) mass is 310 g/mol. The zero-order chi connectivity index (χ0) is 14.5. The number of esters is 1. The molecule has 5 nitrogen and oxygen atoms in total. The van der Waals surface area contributed by atoms with Crippen LogP contribution < -0.4 is 11.3 Å². The van der Waals surface area contributed by atoms with E-state index in [0.29, 0.717) is 10.6 Å². The number of nitrogen functional groups attached to an aromatic ring is 1. The number of thiophene rings is 1. The first-order valence-corrected chi connectivity index (χ1v) is 7.80. The lowest BCUT2D eigenvalue weighted by molar-refractivity contribution is -0.137. The Morgan fingerprint density at radius 3 is 2.85 bits per heavy atom. The van der Waals surface area contributed by atoms with E-state index in [2.05, 4.69) is 10.2 Å². The van der Waals surface area contributed by atoms with Crippen LogP contribution in [0.1, 0.15) is 15.2 Å². The largest absolute Gasteiger partial charge is 0.468 e. The zero-order valence-corrected chi connectivity index (χ0v) is 12.5. The Morgan fingerprint density at radius 1 is 1.40 bits per heavy atom. The molecular weight excluding hydrogens is 296 g/mol. The van der Waals surface area contributed by atoms with Crippen LogP contribution in [0.2, 0.25) is 0 Å². The van der Waals surface area contributed by atoms with E-state index in [4.69, 9.17) is 5.84 Å². The summed E-state index contributed by atoms with van der Waals surface area (Å²) >= 11 is 2.81. The van der Waals surface area contributed by atoms with Crippen LogP contribution in [0.3, 0.4) is 0 Å². The topological polar surface area (TPSA) is 81.4 Å². The highest BCUT2D eigenvalue weighted by Crippen LogP contribution is 2.33. The Morgan fingerprint density at radius 2 is 2.15 bits per heavy atom. The van der Waals surface area contributed by atoms with Gasteiger partial charge in [0.1, 0.15) is 0 Å². The predicted molar refractivity (Wildman–Crippen MR) is 81.7 cm³/mol. The van der Waals surface area contributed by atoms with Gasteiger partial charge in [0.25, 0.3) is 5.91 Å². The SMILES string of the molecule is COC(=O)CSCc1c(C(=O)NN)sc2ccccc12. The third-order valence-electron chi connectivity index (χ3n) is 2.73. The van der Waals surface area contributed by atoms with Crippen LogP contribution in [0.25, 0.3) is 10.1 Å². The molecule has 2 rings (SSSR count). The van der Waals surface area contributed by atoms with Gasteiger partial charge in [-0.25, -0.2) is 5.84 Å². The molecular formula is C13H14N2O3S2. The molecule has 20 heavy (non-hydrogen) atoms. The van der Waals surface area contributed by atoms with E-state index >= 15 is 0 Å². The fourth-order valence-corrected chi connectivity index (χ4v) is 3.89. The molecule has 0 unspecified atom stereocenters. The summed E-state index contributed by atoms with van der Waals surface area (Å²) in [6, 6.07) is 7.77. The predicted octanol–water partition coefficient (Wildman–Crippen LogP) is 1.91. The molecule has 1 aromatic carbocycles. The molecule has 2 aromatic rings. The van der Waals surface area contributed by atoms with Gasteiger partial charge >= 0.3 is 5.97 Å². The number of hydrogen-bond acceptors (Lipinski definition) is 6. The number of ether oxygens (including phenoxy) is 1. The number of carbonyl (C=O) groups is 2. The number of methoxy groups -OCH3 is 1. The second kappa shape index (κ2) is 6.74. The summed E-state index contributed by atoms with van der Waals surface area (Å²) in [4.78, 5) is 23.6. The van der Waals surface area contributed by atoms with Crippen molar-refractivity contribution in [3.63, 3.8) is 0 Å². The molecule has 1 amide bonds. The quantitative estimate of drug-likeness (QED) is 0.381. The molecule has 1 aromatic heterocycles. The smallest absolute Gasteiger partial charge is 0.315 e. The number of hydrazine groups is 1. The first kappa shape index (κ1) is 14.8. The molecule has 0 spiro atoms. The minimum Gasteiger partial charge on any atom is -0.468 e. The summed E-state index contributed by atoms with van der Waals surface area (Å²) in [5, 5.41) is 1.02. The van der Waals surface area contributed by atoms with Crippen molar-refractivity contribution >= 4 is 45.1 Å². The summed E-state index contributed by atoms with van der Waals surface area (Å²) in [5.74, 6) is 5.45. The van der Waals surface area contributed by atoms with E-state index in [1.165, 1.54) is 30.2 Å². The van der Waals surface area contributed by atoms with E-state index in [-0.39, 0.29) is 17.6 Å². The molecule has 0 aliphatic carbocycles. The number of nitrogens with two attached hydrogens (primary N) is 1. The molecule has 0 atom stereocenters. The number of fused-ring (bicyclic) bond motifs is 1. The molecule has 7 heteroatoms. The van der Waals surface area contributed by atoms with Crippen molar-refractivity contribution in [2.45, 2.75) is 5.75 Å². The second-order valence-electron chi connectivity index (χ2n) is 3.95. The minimum absolute atomic E-state index is 0.254. The van der Waals surface area contributed by atoms with Crippen LogP contribution in [0.4, 0.5) is 0 Å². The summed E-state index contributed by atoms with van der Waals surface area (Å²) in [7, 11) is 1.36. The third-order valence-corrected chi connectivity index (χ3v) is 4.87. The van der Waals surface area contributed by atoms with Gasteiger partial charge in [-0.1, -0.05) is 18.2 Å². The second-order valence-corrected chi connectivity index (χ2v) is 5.99. The van der Waals surface area contributed by atoms with Crippen molar-refractivity contribution in [2.75, 3.05) is 12.9 Å². The maximum atomic E-state index is 11.8. The number of rotatable bonds is 5. The van der Waals surface area contributed by atoms with Crippen molar-refractivity contribution in [1.82, 2.24) is 5.43 Å². The van der Waals surface area contributed by atoms with E-state index in [1.54, 1.807) is 0 Å². The molecule has 3 N–H and O–H groups in total. The van der Waals surface area contributed by atoms with Gasteiger partial charge in [0.2, 0.25) is 0 Å². The fourth-order valence-electron chi connectivity index (χ4n) is 1.79. The highest BCUT2D eigenvalue weighted by atomic mass is 32.2. The van der Waals surface area contributed by atoms with Crippen LogP contribution in [0, 0.1) is 0 Å². The Kier molecular flexibility index (Phi) is 4.99. The fraction of sp³-hybridized carbons (Fsp3) is 0.231. The maximum absolute atomic E-state index is 11.8. The van der Waals surface area contributed by atoms with Gasteiger partial charge in [-0.05, 0) is 17.0 Å². The Labute approximate surface area is 124 Å². The van der Waals surface area contributed by atoms with E-state index < -0.39 is 0 Å². The average Bonchev–Trinajstić information content (AvgIpc) is 2.85. The van der Waals surface area contributed by atoms with Crippen LogP contribution in [0.5, 0.6) is 0 Å². The molecule has 106 valence electrons. The van der Waals surface area contributed by atoms with E-state index in [1.807, 2.05) is 24.3 Å². The zero-order valence-electron chi connectivity index (χ0n) is 10.8. The normalized spacial score (nSPS) is 10.5. The Balaban J connectivity index is 2.28. The molecule has 0 bridgehead atoms. The number of thioether (sulfide) groups is 1. The van der Waals surface area contributed by atoms with Gasteiger partial charge in [-0.15, -0.1) is 23.1 Å². The van der Waals surface area contributed by atoms with Gasteiger partial charge in [0.05, 0.1) is 17.7 Å². The average molecular weight is 310 g/mol. The maximum Gasteiger partial charge on any atom is 0.315 e. The summed E-state index contributed by atoms with van der Waals surface area (Å²) in [6.45, 7) is 0. The summed E-state index contributed by atoms with van der Waals surface area (Å²) < 4.78 is 5.63. The molecule has 0 fully saturated rings. The number of hydrogen-bond donors (Lipinski definition) is 2. The lowest BCUT2D eigenvalue weighted by atomic mass is 10.1. The van der Waals surface area contributed by atoms with Gasteiger partial charge < -0.3 is 4.74 Å². The van der Waals surface area contributed by atoms with Crippen LogP contribution in [-0.4, -0.2) is 24.7 Å². The first-order chi connectivity index (χ1) is 9.67. The number of carbonyl (C=O) groups excluding carboxylic acids is 2.